The van der Waals surface area contributed by atoms with Gasteiger partial charge < -0.3 is 14.8 Å². The van der Waals surface area contributed by atoms with Gasteiger partial charge in [-0.15, -0.1) is 0 Å². The summed E-state index contributed by atoms with van der Waals surface area (Å²) in [5.41, 5.74) is 0.464. The van der Waals surface area contributed by atoms with Crippen molar-refractivity contribution >= 4 is 5.91 Å². The van der Waals surface area contributed by atoms with E-state index in [0.717, 1.165) is 38.1 Å². The molecule has 0 atom stereocenters. The SMILES string of the molecule is COc1cc(C(=O)NCCCn2nc3n(c2=O)CCCC3)ccc1OCCC(C)C. The van der Waals surface area contributed by atoms with E-state index >= 15 is 0 Å². The summed E-state index contributed by atoms with van der Waals surface area (Å²) in [5, 5.41) is 7.31. The molecular weight excluding hydrogens is 384 g/mol. The smallest absolute Gasteiger partial charge is 0.345 e. The first-order valence-electron chi connectivity index (χ1n) is 10.7. The van der Waals surface area contributed by atoms with Crippen LogP contribution in [0.4, 0.5) is 0 Å². The number of nitrogens with one attached hydrogen (secondary N) is 1. The molecule has 1 aromatic carbocycles. The molecule has 1 aromatic heterocycles. The summed E-state index contributed by atoms with van der Waals surface area (Å²) in [4.78, 5) is 24.8. The van der Waals surface area contributed by atoms with Gasteiger partial charge in [0.15, 0.2) is 11.5 Å². The van der Waals surface area contributed by atoms with Gasteiger partial charge in [0.1, 0.15) is 5.82 Å². The van der Waals surface area contributed by atoms with Crippen LogP contribution < -0.4 is 20.5 Å². The molecule has 2 aromatic rings. The zero-order valence-corrected chi connectivity index (χ0v) is 18.1. The van der Waals surface area contributed by atoms with E-state index in [4.69, 9.17) is 9.47 Å². The first-order chi connectivity index (χ1) is 14.5. The third-order valence-corrected chi connectivity index (χ3v) is 5.24. The van der Waals surface area contributed by atoms with E-state index in [1.807, 2.05) is 0 Å². The van der Waals surface area contributed by atoms with E-state index < -0.39 is 0 Å². The quantitative estimate of drug-likeness (QED) is 0.602. The van der Waals surface area contributed by atoms with E-state index in [-0.39, 0.29) is 11.6 Å². The molecule has 1 amide bonds. The van der Waals surface area contributed by atoms with Crippen LogP contribution in [0.25, 0.3) is 0 Å². The number of carbonyl (C=O) groups is 1. The van der Waals surface area contributed by atoms with Crippen LogP contribution in [0.3, 0.4) is 0 Å². The van der Waals surface area contributed by atoms with Crippen molar-refractivity contribution in [1.29, 1.82) is 0 Å². The minimum atomic E-state index is -0.182. The van der Waals surface area contributed by atoms with Crippen molar-refractivity contribution in [3.8, 4) is 11.5 Å². The molecule has 0 aliphatic carbocycles. The third kappa shape index (κ3) is 5.43. The van der Waals surface area contributed by atoms with E-state index in [2.05, 4.69) is 24.3 Å². The molecule has 2 heterocycles. The molecule has 0 bridgehead atoms. The van der Waals surface area contributed by atoms with Crippen molar-refractivity contribution in [3.05, 3.63) is 40.1 Å². The molecule has 0 radical (unpaired) electrons. The molecule has 164 valence electrons. The van der Waals surface area contributed by atoms with Crippen LogP contribution in [0.1, 0.15) is 55.7 Å². The number of benzene rings is 1. The van der Waals surface area contributed by atoms with Crippen LogP contribution in [-0.2, 0) is 19.5 Å². The lowest BCUT2D eigenvalue weighted by atomic mass is 10.1. The first kappa shape index (κ1) is 21.9. The Bertz CT molecular complexity index is 916. The van der Waals surface area contributed by atoms with Gasteiger partial charge in [-0.2, -0.15) is 5.10 Å². The van der Waals surface area contributed by atoms with Crippen molar-refractivity contribution in [1.82, 2.24) is 19.7 Å². The summed E-state index contributed by atoms with van der Waals surface area (Å²) < 4.78 is 14.4. The third-order valence-electron chi connectivity index (χ3n) is 5.24. The van der Waals surface area contributed by atoms with Crippen LogP contribution in [-0.4, -0.2) is 40.5 Å². The minimum Gasteiger partial charge on any atom is -0.493 e. The van der Waals surface area contributed by atoms with Crippen LogP contribution in [0.15, 0.2) is 23.0 Å². The number of rotatable bonds is 10. The number of hydrogen-bond donors (Lipinski definition) is 1. The van der Waals surface area contributed by atoms with Crippen molar-refractivity contribution in [2.24, 2.45) is 5.92 Å². The fourth-order valence-corrected chi connectivity index (χ4v) is 3.46. The van der Waals surface area contributed by atoms with Gasteiger partial charge in [-0.3, -0.25) is 9.36 Å². The summed E-state index contributed by atoms with van der Waals surface area (Å²) in [5.74, 6) is 2.43. The molecule has 0 saturated heterocycles. The van der Waals surface area contributed by atoms with Gasteiger partial charge in [0, 0.05) is 31.6 Å². The fraction of sp³-hybridized carbons (Fsp3) is 0.591. The number of carbonyl (C=O) groups excluding carboxylic acids is 1. The molecule has 1 aliphatic rings. The Hall–Kier alpha value is -2.77. The van der Waals surface area contributed by atoms with Crippen LogP contribution in [0, 0.1) is 5.92 Å². The Morgan fingerprint density at radius 2 is 2.10 bits per heavy atom. The number of ether oxygens (including phenoxy) is 2. The molecule has 8 heteroatoms. The molecule has 0 fully saturated rings. The number of hydrogen-bond acceptors (Lipinski definition) is 5. The predicted octanol–water partition coefficient (Wildman–Crippen LogP) is 2.63. The summed E-state index contributed by atoms with van der Waals surface area (Å²) >= 11 is 0. The Kier molecular flexibility index (Phi) is 7.54. The van der Waals surface area contributed by atoms with E-state index in [1.165, 1.54) is 4.68 Å². The maximum Gasteiger partial charge on any atom is 0.345 e. The zero-order valence-electron chi connectivity index (χ0n) is 18.1. The van der Waals surface area contributed by atoms with Crippen LogP contribution in [0.2, 0.25) is 0 Å². The second kappa shape index (κ2) is 10.3. The fourth-order valence-electron chi connectivity index (χ4n) is 3.46. The largest absolute Gasteiger partial charge is 0.493 e. The van der Waals surface area contributed by atoms with E-state index in [9.17, 15) is 9.59 Å². The molecule has 1 aliphatic heterocycles. The van der Waals surface area contributed by atoms with Gasteiger partial charge in [-0.1, -0.05) is 13.8 Å². The van der Waals surface area contributed by atoms with Crippen molar-refractivity contribution in [2.75, 3.05) is 20.3 Å². The summed E-state index contributed by atoms with van der Waals surface area (Å²) in [6.45, 7) is 6.60. The highest BCUT2D eigenvalue weighted by atomic mass is 16.5. The Balaban J connectivity index is 1.50. The molecule has 1 N–H and O–H groups in total. The topological polar surface area (TPSA) is 87.4 Å². The normalized spacial score (nSPS) is 13.2. The standard InChI is InChI=1S/C22H32N4O4/c1-16(2)10-14-30-18-9-8-17(15-19(18)29-3)21(27)23-11-6-13-26-22(28)25-12-5-4-7-20(25)24-26/h8-9,15-16H,4-7,10-14H2,1-3H3,(H,23,27). The van der Waals surface area contributed by atoms with Crippen molar-refractivity contribution in [3.63, 3.8) is 0 Å². The Labute approximate surface area is 177 Å². The second-order valence-electron chi connectivity index (χ2n) is 8.04. The number of aryl methyl sites for hydroxylation is 2. The summed E-state index contributed by atoms with van der Waals surface area (Å²) in [6, 6.07) is 5.19. The maximum absolute atomic E-state index is 12.5. The molecular formula is C22H32N4O4. The van der Waals surface area contributed by atoms with Gasteiger partial charge in [0.25, 0.3) is 5.91 Å². The average molecular weight is 417 g/mol. The highest BCUT2D eigenvalue weighted by Crippen LogP contribution is 2.28. The highest BCUT2D eigenvalue weighted by molar-refractivity contribution is 5.94. The van der Waals surface area contributed by atoms with Gasteiger partial charge >= 0.3 is 5.69 Å². The van der Waals surface area contributed by atoms with Gasteiger partial charge in [0.05, 0.1) is 13.7 Å². The lowest BCUT2D eigenvalue weighted by molar-refractivity contribution is 0.0952. The molecule has 8 nitrogen and oxygen atoms in total. The number of amides is 1. The van der Waals surface area contributed by atoms with E-state index in [1.54, 1.807) is 29.9 Å². The first-order valence-corrected chi connectivity index (χ1v) is 10.7. The summed E-state index contributed by atoms with van der Waals surface area (Å²) in [7, 11) is 1.56. The molecule has 30 heavy (non-hydrogen) atoms. The summed E-state index contributed by atoms with van der Waals surface area (Å²) in [6.07, 6.45) is 4.55. The second-order valence-corrected chi connectivity index (χ2v) is 8.04. The predicted molar refractivity (Wildman–Crippen MR) is 114 cm³/mol. The molecule has 0 spiro atoms. The maximum atomic E-state index is 12.5. The number of methoxy groups -OCH3 is 1. The molecule has 0 unspecified atom stereocenters. The molecule has 0 saturated carbocycles. The minimum absolute atomic E-state index is 0.0474. The molecule has 3 rings (SSSR count). The van der Waals surface area contributed by atoms with Gasteiger partial charge in [0.2, 0.25) is 0 Å². The monoisotopic (exact) mass is 416 g/mol. The van der Waals surface area contributed by atoms with Crippen LogP contribution >= 0.6 is 0 Å². The lowest BCUT2D eigenvalue weighted by Gasteiger charge is -2.13. The zero-order chi connectivity index (χ0) is 21.5. The lowest BCUT2D eigenvalue weighted by Crippen LogP contribution is -2.29. The van der Waals surface area contributed by atoms with Crippen molar-refractivity contribution < 1.29 is 14.3 Å². The average Bonchev–Trinajstić information content (AvgIpc) is 3.06. The Morgan fingerprint density at radius 3 is 2.83 bits per heavy atom. The van der Waals surface area contributed by atoms with E-state index in [0.29, 0.717) is 49.1 Å². The number of aromatic nitrogens is 3. The number of fused-ring (bicyclic) bond motifs is 1. The van der Waals surface area contributed by atoms with Crippen LogP contribution in [0.5, 0.6) is 11.5 Å². The van der Waals surface area contributed by atoms with Gasteiger partial charge in [-0.25, -0.2) is 9.48 Å². The highest BCUT2D eigenvalue weighted by Gasteiger charge is 2.16. The van der Waals surface area contributed by atoms with Crippen molar-refractivity contribution in [2.45, 2.75) is 59.0 Å². The van der Waals surface area contributed by atoms with Gasteiger partial charge in [-0.05, 0) is 49.8 Å². The Morgan fingerprint density at radius 1 is 1.27 bits per heavy atom. The number of nitrogens with zero attached hydrogens (tertiary/aromatic N) is 3.